The predicted octanol–water partition coefficient (Wildman–Crippen LogP) is 3.60. The maximum absolute atomic E-state index is 12.8. The fourth-order valence-electron chi connectivity index (χ4n) is 1.73. The van der Waals surface area contributed by atoms with Crippen LogP contribution in [0.4, 0.5) is 10.1 Å². The third-order valence-electron chi connectivity index (χ3n) is 2.83. The van der Waals surface area contributed by atoms with Gasteiger partial charge in [-0.15, -0.1) is 0 Å². The summed E-state index contributed by atoms with van der Waals surface area (Å²) in [5, 5.41) is 0.315. The molecule has 0 unspecified atom stereocenters. The van der Waals surface area contributed by atoms with Crippen LogP contribution in [-0.4, -0.2) is 15.5 Å². The Kier molecular flexibility index (Phi) is 4.39. The number of hydrogen-bond acceptors (Lipinski definition) is 3. The van der Waals surface area contributed by atoms with Gasteiger partial charge in [-0.1, -0.05) is 11.6 Å². The van der Waals surface area contributed by atoms with Crippen molar-refractivity contribution in [2.75, 3.05) is 11.8 Å². The highest BCUT2D eigenvalue weighted by Crippen LogP contribution is 2.31. The number of benzene rings is 2. The zero-order valence-corrected chi connectivity index (χ0v) is 12.9. The summed E-state index contributed by atoms with van der Waals surface area (Å²) in [5.74, 6) is -0.263. The van der Waals surface area contributed by atoms with Crippen molar-refractivity contribution in [3.05, 3.63) is 52.8 Å². The van der Waals surface area contributed by atoms with Crippen LogP contribution in [0.1, 0.15) is 5.56 Å². The smallest absolute Gasteiger partial charge is 0.265 e. The normalized spacial score (nSPS) is 11.2. The van der Waals surface area contributed by atoms with Crippen molar-refractivity contribution >= 4 is 27.3 Å². The maximum Gasteiger partial charge on any atom is 0.265 e. The Labute approximate surface area is 127 Å². The van der Waals surface area contributed by atoms with E-state index in [1.165, 1.54) is 25.3 Å². The first kappa shape index (κ1) is 15.6. The van der Waals surface area contributed by atoms with E-state index in [9.17, 15) is 12.8 Å². The summed E-state index contributed by atoms with van der Waals surface area (Å²) in [4.78, 5) is -0.0788. The molecule has 0 spiro atoms. The zero-order chi connectivity index (χ0) is 15.6. The van der Waals surface area contributed by atoms with Crippen molar-refractivity contribution in [1.29, 1.82) is 0 Å². The Bertz CT molecular complexity index is 761. The molecule has 0 heterocycles. The summed E-state index contributed by atoms with van der Waals surface area (Å²) < 4.78 is 45.1. The van der Waals surface area contributed by atoms with E-state index in [4.69, 9.17) is 16.3 Å². The second-order valence-corrected chi connectivity index (χ2v) is 6.42. The molecule has 0 bridgehead atoms. The Morgan fingerprint density at radius 2 is 1.81 bits per heavy atom. The molecule has 0 radical (unpaired) electrons. The van der Waals surface area contributed by atoms with Crippen molar-refractivity contribution in [1.82, 2.24) is 0 Å². The lowest BCUT2D eigenvalue weighted by Crippen LogP contribution is -2.14. The molecule has 4 nitrogen and oxygen atoms in total. The van der Waals surface area contributed by atoms with E-state index in [-0.39, 0.29) is 16.3 Å². The molecule has 0 saturated carbocycles. The number of nitrogens with one attached hydrogen (secondary N) is 1. The van der Waals surface area contributed by atoms with E-state index in [1.807, 2.05) is 0 Å². The second kappa shape index (κ2) is 5.91. The largest absolute Gasteiger partial charge is 0.495 e. The summed E-state index contributed by atoms with van der Waals surface area (Å²) in [6.07, 6.45) is 0. The van der Waals surface area contributed by atoms with E-state index in [2.05, 4.69) is 4.72 Å². The summed E-state index contributed by atoms with van der Waals surface area (Å²) in [7, 11) is -2.52. The number of anilines is 1. The molecule has 2 rings (SSSR count). The SMILES string of the molecule is COc1cc(C)c(Cl)cc1S(=O)(=O)Nc1ccc(F)cc1. The van der Waals surface area contributed by atoms with Crippen LogP contribution in [-0.2, 0) is 10.0 Å². The predicted molar refractivity (Wildman–Crippen MR) is 79.9 cm³/mol. The first-order valence-electron chi connectivity index (χ1n) is 5.96. The number of hydrogen-bond donors (Lipinski definition) is 1. The average Bonchev–Trinajstić information content (AvgIpc) is 2.43. The van der Waals surface area contributed by atoms with Crippen molar-refractivity contribution in [2.45, 2.75) is 11.8 Å². The van der Waals surface area contributed by atoms with E-state index in [0.29, 0.717) is 10.6 Å². The lowest BCUT2D eigenvalue weighted by molar-refractivity contribution is 0.402. The molecule has 0 amide bonds. The van der Waals surface area contributed by atoms with Crippen LogP contribution in [0.5, 0.6) is 5.75 Å². The van der Waals surface area contributed by atoms with Gasteiger partial charge in [-0.25, -0.2) is 12.8 Å². The molecule has 112 valence electrons. The van der Waals surface area contributed by atoms with Crippen molar-refractivity contribution < 1.29 is 17.5 Å². The van der Waals surface area contributed by atoms with Gasteiger partial charge in [-0.2, -0.15) is 0 Å². The number of aryl methyl sites for hydroxylation is 1. The number of halogens is 2. The van der Waals surface area contributed by atoms with Gasteiger partial charge in [0.1, 0.15) is 16.5 Å². The summed E-state index contributed by atoms with van der Waals surface area (Å²) >= 11 is 5.98. The van der Waals surface area contributed by atoms with E-state index in [0.717, 1.165) is 12.1 Å². The topological polar surface area (TPSA) is 55.4 Å². The number of methoxy groups -OCH3 is 1. The van der Waals surface area contributed by atoms with E-state index < -0.39 is 15.8 Å². The molecule has 0 fully saturated rings. The standard InChI is InChI=1S/C14H13ClFNO3S/c1-9-7-13(20-2)14(8-12(9)15)21(18,19)17-11-5-3-10(16)4-6-11/h3-8,17H,1-2H3. The molecule has 0 aliphatic carbocycles. The van der Waals surface area contributed by atoms with Gasteiger partial charge in [0, 0.05) is 10.7 Å². The molecule has 21 heavy (non-hydrogen) atoms. The zero-order valence-electron chi connectivity index (χ0n) is 11.4. The van der Waals surface area contributed by atoms with Gasteiger partial charge in [-0.3, -0.25) is 4.72 Å². The third kappa shape index (κ3) is 3.46. The maximum atomic E-state index is 12.8. The minimum atomic E-state index is -3.89. The van der Waals surface area contributed by atoms with Gasteiger partial charge in [0.25, 0.3) is 10.0 Å². The van der Waals surface area contributed by atoms with Crippen LogP contribution < -0.4 is 9.46 Å². The molecule has 0 aliphatic rings. The minimum Gasteiger partial charge on any atom is -0.495 e. The third-order valence-corrected chi connectivity index (χ3v) is 4.64. The fourth-order valence-corrected chi connectivity index (χ4v) is 3.20. The van der Waals surface area contributed by atoms with E-state index >= 15 is 0 Å². The van der Waals surface area contributed by atoms with Gasteiger partial charge in [-0.05, 0) is 48.9 Å². The molecule has 0 aromatic heterocycles. The van der Waals surface area contributed by atoms with Crippen LogP contribution in [0.2, 0.25) is 5.02 Å². The summed E-state index contributed by atoms with van der Waals surface area (Å²) in [6, 6.07) is 7.85. The molecule has 1 N–H and O–H groups in total. The Morgan fingerprint density at radius 3 is 2.38 bits per heavy atom. The van der Waals surface area contributed by atoms with Crippen LogP contribution in [0.15, 0.2) is 41.3 Å². The quantitative estimate of drug-likeness (QED) is 0.932. The number of ether oxygens (including phenoxy) is 1. The Hall–Kier alpha value is -1.79. The summed E-state index contributed by atoms with van der Waals surface area (Å²) in [5.41, 5.74) is 0.949. The molecule has 0 atom stereocenters. The van der Waals surface area contributed by atoms with Crippen LogP contribution in [0.3, 0.4) is 0 Å². The molecule has 7 heteroatoms. The summed E-state index contributed by atoms with van der Waals surface area (Å²) in [6.45, 7) is 1.74. The first-order valence-corrected chi connectivity index (χ1v) is 7.82. The van der Waals surface area contributed by atoms with Crippen molar-refractivity contribution in [3.8, 4) is 5.75 Å². The first-order chi connectivity index (χ1) is 9.83. The highest BCUT2D eigenvalue weighted by molar-refractivity contribution is 7.92. The fraction of sp³-hybridized carbons (Fsp3) is 0.143. The highest BCUT2D eigenvalue weighted by Gasteiger charge is 2.21. The Morgan fingerprint density at radius 1 is 1.19 bits per heavy atom. The van der Waals surface area contributed by atoms with Gasteiger partial charge >= 0.3 is 0 Å². The highest BCUT2D eigenvalue weighted by atomic mass is 35.5. The second-order valence-electron chi connectivity index (χ2n) is 4.36. The van der Waals surface area contributed by atoms with Gasteiger partial charge in [0.2, 0.25) is 0 Å². The van der Waals surface area contributed by atoms with Gasteiger partial charge < -0.3 is 4.74 Å². The number of sulfonamides is 1. The Balaban J connectivity index is 2.44. The molecule has 2 aromatic rings. The molecule has 0 saturated heterocycles. The van der Waals surface area contributed by atoms with Crippen molar-refractivity contribution in [3.63, 3.8) is 0 Å². The lowest BCUT2D eigenvalue weighted by atomic mass is 10.2. The molecular formula is C14H13ClFNO3S. The van der Waals surface area contributed by atoms with Crippen molar-refractivity contribution in [2.24, 2.45) is 0 Å². The lowest BCUT2D eigenvalue weighted by Gasteiger charge is -2.13. The minimum absolute atomic E-state index is 0.0788. The molecule has 0 aliphatic heterocycles. The molecule has 2 aromatic carbocycles. The van der Waals surface area contributed by atoms with Crippen LogP contribution in [0.25, 0.3) is 0 Å². The monoisotopic (exact) mass is 329 g/mol. The number of rotatable bonds is 4. The van der Waals surface area contributed by atoms with Gasteiger partial charge in [0.15, 0.2) is 0 Å². The van der Waals surface area contributed by atoms with Crippen LogP contribution >= 0.6 is 11.6 Å². The average molecular weight is 330 g/mol. The molecular weight excluding hydrogens is 317 g/mol. The van der Waals surface area contributed by atoms with E-state index in [1.54, 1.807) is 13.0 Å². The van der Waals surface area contributed by atoms with Gasteiger partial charge in [0.05, 0.1) is 7.11 Å². The van der Waals surface area contributed by atoms with Crippen LogP contribution in [0, 0.1) is 12.7 Å².